The number of ether oxygens (including phenoxy) is 1. The van der Waals surface area contributed by atoms with Gasteiger partial charge < -0.3 is 14.8 Å². The van der Waals surface area contributed by atoms with Crippen molar-refractivity contribution < 1.29 is 19.1 Å². The molecule has 4 saturated carbocycles. The van der Waals surface area contributed by atoms with E-state index >= 15 is 0 Å². The Morgan fingerprint density at radius 1 is 0.976 bits per heavy atom. The SMILES string of the molecule is [C-]#[N+]C1=C[C@@]2(C)C(CC[C@]3(C)C2CC(=O)[C@@H]2[C@@H]4CC(C)(C)CC[C@]4(CNC(=O)OC(C)(C)C)CC[C@]23C)C(C)(C)C1=O. The van der Waals surface area contributed by atoms with Crippen LogP contribution >= 0.6 is 0 Å². The quantitative estimate of drug-likeness (QED) is 0.335. The Bertz CT molecular complexity index is 1270. The molecule has 0 aromatic heterocycles. The molecule has 42 heavy (non-hydrogen) atoms. The van der Waals surface area contributed by atoms with E-state index in [1.807, 2.05) is 40.7 Å². The third-order valence-corrected chi connectivity index (χ3v) is 13.6. The molecule has 8 atom stereocenters. The fourth-order valence-corrected chi connectivity index (χ4v) is 11.3. The van der Waals surface area contributed by atoms with E-state index in [4.69, 9.17) is 11.3 Å². The summed E-state index contributed by atoms with van der Waals surface area (Å²) in [7, 11) is 0. The summed E-state index contributed by atoms with van der Waals surface area (Å²) in [6, 6.07) is 0. The van der Waals surface area contributed by atoms with Gasteiger partial charge in [-0.1, -0.05) is 54.5 Å². The molecule has 0 aliphatic heterocycles. The van der Waals surface area contributed by atoms with Crippen LogP contribution < -0.4 is 5.32 Å². The molecular formula is C36H54N2O4. The number of alkyl carbamates (subject to hydrolysis) is 1. The molecule has 0 radical (unpaired) electrons. The van der Waals surface area contributed by atoms with Crippen LogP contribution in [0.15, 0.2) is 11.8 Å². The van der Waals surface area contributed by atoms with Gasteiger partial charge >= 0.3 is 6.09 Å². The number of Topliss-reactive ketones (excluding diaryl/α,β-unsaturated/α-hetero) is 2. The number of nitrogens with zero attached hydrogens (tertiary/aromatic N) is 1. The van der Waals surface area contributed by atoms with Crippen LogP contribution in [0.3, 0.4) is 0 Å². The van der Waals surface area contributed by atoms with Gasteiger partial charge in [0.2, 0.25) is 5.70 Å². The Labute approximate surface area is 254 Å². The van der Waals surface area contributed by atoms with Crippen molar-refractivity contribution in [1.82, 2.24) is 5.32 Å². The number of carbonyl (C=O) groups excluding carboxylic acids is 3. The van der Waals surface area contributed by atoms with Gasteiger partial charge in [-0.2, -0.15) is 0 Å². The summed E-state index contributed by atoms with van der Waals surface area (Å²) < 4.78 is 5.62. The first-order chi connectivity index (χ1) is 19.2. The van der Waals surface area contributed by atoms with E-state index in [0.29, 0.717) is 18.7 Å². The fourth-order valence-electron chi connectivity index (χ4n) is 11.3. The van der Waals surface area contributed by atoms with Crippen molar-refractivity contribution in [3.8, 4) is 0 Å². The average Bonchev–Trinajstić information content (AvgIpc) is 2.85. The second-order valence-corrected chi connectivity index (χ2v) is 17.9. The molecule has 5 aliphatic rings. The number of amides is 1. The fraction of sp³-hybridized carbons (Fsp3) is 0.833. The lowest BCUT2D eigenvalue weighted by Crippen LogP contribution is -2.69. The number of hydrogen-bond acceptors (Lipinski definition) is 4. The van der Waals surface area contributed by atoms with E-state index in [9.17, 15) is 14.4 Å². The van der Waals surface area contributed by atoms with E-state index in [1.54, 1.807) is 0 Å². The number of fused-ring (bicyclic) bond motifs is 7. The first-order valence-corrected chi connectivity index (χ1v) is 16.3. The summed E-state index contributed by atoms with van der Waals surface area (Å²) >= 11 is 0. The zero-order valence-corrected chi connectivity index (χ0v) is 27.8. The number of ketones is 2. The number of nitrogens with one attached hydrogen (secondary N) is 1. The highest BCUT2D eigenvalue weighted by Gasteiger charge is 2.72. The zero-order chi connectivity index (χ0) is 31.3. The van der Waals surface area contributed by atoms with Crippen molar-refractivity contribution in [2.75, 3.05) is 6.54 Å². The Morgan fingerprint density at radius 2 is 1.62 bits per heavy atom. The van der Waals surface area contributed by atoms with Crippen molar-refractivity contribution >= 4 is 17.7 Å². The number of allylic oxidation sites excluding steroid dienone is 2. The standard InChI is InChI=1S/C36H54N2O4/c1-30(2,3)42-29(41)38-21-36-16-14-31(4,5)19-22(36)27-24(39)18-26-33(8)20-23(37-11)28(40)32(6,7)25(33)12-13-34(26,9)35(27,10)15-17-36/h20,22,25-27H,12-19,21H2,1-10H3,(H,38,41)/t22-,25?,26?,27-,33-,34+,35+,36+/m0/s1. The summed E-state index contributed by atoms with van der Waals surface area (Å²) in [5, 5.41) is 3.14. The monoisotopic (exact) mass is 578 g/mol. The van der Waals surface area contributed by atoms with Gasteiger partial charge in [0.15, 0.2) is 5.78 Å². The summed E-state index contributed by atoms with van der Waals surface area (Å²) in [6.07, 6.45) is 9.05. The van der Waals surface area contributed by atoms with Crippen LogP contribution in [0.2, 0.25) is 0 Å². The van der Waals surface area contributed by atoms with Gasteiger partial charge in [-0.05, 0) is 111 Å². The third-order valence-electron chi connectivity index (χ3n) is 13.6. The number of rotatable bonds is 2. The zero-order valence-electron chi connectivity index (χ0n) is 27.8. The van der Waals surface area contributed by atoms with Gasteiger partial charge in [0.1, 0.15) is 11.4 Å². The molecule has 5 rings (SSSR count). The van der Waals surface area contributed by atoms with Gasteiger partial charge in [-0.15, -0.1) is 0 Å². The van der Waals surface area contributed by atoms with E-state index in [0.717, 1.165) is 44.9 Å². The minimum atomic E-state index is -0.617. The molecule has 2 unspecified atom stereocenters. The Hall–Kier alpha value is -2.16. The maximum Gasteiger partial charge on any atom is 0.407 e. The first kappa shape index (κ1) is 31.3. The lowest BCUT2D eigenvalue weighted by molar-refractivity contribution is -0.222. The van der Waals surface area contributed by atoms with Crippen LogP contribution in [0.4, 0.5) is 4.79 Å². The molecule has 0 aromatic rings. The Kier molecular flexibility index (Phi) is 7.01. The lowest BCUT2D eigenvalue weighted by atomic mass is 9.31. The molecule has 0 spiro atoms. The van der Waals surface area contributed by atoms with E-state index in [2.05, 4.69) is 44.8 Å². The Balaban J connectivity index is 1.54. The minimum Gasteiger partial charge on any atom is -0.444 e. The van der Waals surface area contributed by atoms with Crippen molar-refractivity contribution in [2.24, 2.45) is 56.2 Å². The predicted octanol–water partition coefficient (Wildman–Crippen LogP) is 8.16. The van der Waals surface area contributed by atoms with Gasteiger partial charge in [0, 0.05) is 24.3 Å². The number of carbonyl (C=O) groups is 3. The van der Waals surface area contributed by atoms with Crippen molar-refractivity contribution in [3.63, 3.8) is 0 Å². The highest BCUT2D eigenvalue weighted by Crippen LogP contribution is 2.75. The van der Waals surface area contributed by atoms with E-state index < -0.39 is 11.0 Å². The van der Waals surface area contributed by atoms with Gasteiger partial charge in [0.05, 0.1) is 6.57 Å². The lowest BCUT2D eigenvalue weighted by Gasteiger charge is -2.72. The van der Waals surface area contributed by atoms with Gasteiger partial charge in [-0.3, -0.25) is 4.79 Å². The Morgan fingerprint density at radius 3 is 2.24 bits per heavy atom. The highest BCUT2D eigenvalue weighted by molar-refractivity contribution is 6.02. The van der Waals surface area contributed by atoms with Gasteiger partial charge in [-0.25, -0.2) is 9.64 Å². The molecular weight excluding hydrogens is 524 g/mol. The van der Waals surface area contributed by atoms with Crippen molar-refractivity contribution in [2.45, 2.75) is 126 Å². The molecule has 232 valence electrons. The molecule has 0 saturated heterocycles. The molecule has 1 amide bonds. The molecule has 5 aliphatic carbocycles. The molecule has 6 heteroatoms. The largest absolute Gasteiger partial charge is 0.444 e. The van der Waals surface area contributed by atoms with Crippen molar-refractivity contribution in [1.29, 1.82) is 0 Å². The second-order valence-electron chi connectivity index (χ2n) is 17.9. The van der Waals surface area contributed by atoms with Crippen LogP contribution in [0.5, 0.6) is 0 Å². The summed E-state index contributed by atoms with van der Waals surface area (Å²) in [5.41, 5.74) is -1.56. The summed E-state index contributed by atoms with van der Waals surface area (Å²) in [5.74, 6) is 0.658. The van der Waals surface area contributed by atoms with Crippen molar-refractivity contribution in [3.05, 3.63) is 23.2 Å². The molecule has 0 aromatic carbocycles. The van der Waals surface area contributed by atoms with Crippen LogP contribution in [0.25, 0.3) is 4.85 Å². The first-order valence-electron chi connectivity index (χ1n) is 16.3. The van der Waals surface area contributed by atoms with Gasteiger partial charge in [0.25, 0.3) is 0 Å². The van der Waals surface area contributed by atoms with E-state index in [-0.39, 0.29) is 68.3 Å². The molecule has 0 heterocycles. The summed E-state index contributed by atoms with van der Waals surface area (Å²) in [6.45, 7) is 29.8. The maximum atomic E-state index is 14.7. The maximum absolute atomic E-state index is 14.7. The molecule has 4 fully saturated rings. The van der Waals surface area contributed by atoms with E-state index in [1.165, 1.54) is 0 Å². The minimum absolute atomic E-state index is 0.0424. The molecule has 6 nitrogen and oxygen atoms in total. The highest BCUT2D eigenvalue weighted by atomic mass is 16.6. The normalized spacial score (nSPS) is 43.9. The number of hydrogen-bond donors (Lipinski definition) is 1. The average molecular weight is 579 g/mol. The third kappa shape index (κ3) is 4.42. The van der Waals surface area contributed by atoms with Crippen LogP contribution in [-0.2, 0) is 14.3 Å². The molecule has 1 N–H and O–H groups in total. The second kappa shape index (κ2) is 9.42. The summed E-state index contributed by atoms with van der Waals surface area (Å²) in [4.78, 5) is 44.5. The smallest absolute Gasteiger partial charge is 0.407 e. The predicted molar refractivity (Wildman–Crippen MR) is 164 cm³/mol. The topological polar surface area (TPSA) is 76.8 Å². The van der Waals surface area contributed by atoms with Crippen LogP contribution in [0.1, 0.15) is 121 Å². The van der Waals surface area contributed by atoms with Crippen LogP contribution in [-0.4, -0.2) is 29.8 Å². The molecule has 0 bridgehead atoms. The van der Waals surface area contributed by atoms with Crippen LogP contribution in [0, 0.1) is 62.7 Å².